The summed E-state index contributed by atoms with van der Waals surface area (Å²) in [6.07, 6.45) is 7.02. The van der Waals surface area contributed by atoms with Gasteiger partial charge in [-0.25, -0.2) is 15.0 Å². The molecule has 1 amide bonds. The van der Waals surface area contributed by atoms with Gasteiger partial charge in [-0.15, -0.1) is 0 Å². The molecule has 4 aromatic heterocycles. The highest BCUT2D eigenvalue weighted by Gasteiger charge is 2.47. The number of carbonyl (C=O) groups excluding carboxylic acids is 1. The van der Waals surface area contributed by atoms with E-state index in [2.05, 4.69) is 30.5 Å². The number of nitrogens with one attached hydrogen (secondary N) is 1. The second kappa shape index (κ2) is 8.27. The molecule has 1 unspecified atom stereocenters. The van der Waals surface area contributed by atoms with Gasteiger partial charge in [0, 0.05) is 38.8 Å². The first-order valence-electron chi connectivity index (χ1n) is 11.6. The van der Waals surface area contributed by atoms with Gasteiger partial charge in [-0.05, 0) is 37.5 Å². The van der Waals surface area contributed by atoms with Crippen molar-refractivity contribution in [2.75, 3.05) is 18.9 Å². The van der Waals surface area contributed by atoms with Crippen LogP contribution in [0.1, 0.15) is 30.7 Å². The van der Waals surface area contributed by atoms with Gasteiger partial charge in [0.15, 0.2) is 11.4 Å². The van der Waals surface area contributed by atoms with Gasteiger partial charge < -0.3 is 19.8 Å². The second-order valence-electron chi connectivity index (χ2n) is 8.90. The number of nitrogens with zero attached hydrogens (tertiary/aromatic N) is 7. The van der Waals surface area contributed by atoms with Gasteiger partial charge in [-0.1, -0.05) is 11.2 Å². The highest BCUT2D eigenvalue weighted by molar-refractivity contribution is 5.88. The molecule has 6 rings (SSSR count). The van der Waals surface area contributed by atoms with E-state index in [1.807, 2.05) is 23.0 Å². The Morgan fingerprint density at radius 2 is 1.97 bits per heavy atom. The van der Waals surface area contributed by atoms with Crippen molar-refractivity contribution in [3.8, 4) is 22.8 Å². The van der Waals surface area contributed by atoms with E-state index in [0.717, 1.165) is 31.5 Å². The predicted octanol–water partition coefficient (Wildman–Crippen LogP) is 2.52. The average Bonchev–Trinajstić information content (AvgIpc) is 3.61. The van der Waals surface area contributed by atoms with Crippen LogP contribution in [0.25, 0.3) is 22.8 Å². The molecule has 1 saturated heterocycles. The fourth-order valence-electron chi connectivity index (χ4n) is 4.60. The van der Waals surface area contributed by atoms with Crippen LogP contribution in [0, 0.1) is 0 Å². The Labute approximate surface area is 200 Å². The molecule has 11 nitrogen and oxygen atoms in total. The lowest BCUT2D eigenvalue weighted by Crippen LogP contribution is -2.36. The Morgan fingerprint density at radius 3 is 2.83 bits per heavy atom. The maximum Gasteiger partial charge on any atom is 0.260 e. The molecule has 0 spiro atoms. The van der Waals surface area contributed by atoms with Crippen LogP contribution in [-0.4, -0.2) is 59.4 Å². The van der Waals surface area contributed by atoms with E-state index >= 15 is 0 Å². The second-order valence-corrected chi connectivity index (χ2v) is 8.90. The zero-order valence-corrected chi connectivity index (χ0v) is 19.2. The summed E-state index contributed by atoms with van der Waals surface area (Å²) >= 11 is 0. The number of amides is 1. The first-order chi connectivity index (χ1) is 17.0. The summed E-state index contributed by atoms with van der Waals surface area (Å²) in [4.78, 5) is 27.5. The summed E-state index contributed by atoms with van der Waals surface area (Å²) in [5.74, 6) is 0.431. The van der Waals surface area contributed by atoms with Crippen molar-refractivity contribution in [1.82, 2.24) is 34.8 Å². The van der Waals surface area contributed by atoms with E-state index in [0.29, 0.717) is 35.3 Å². The largest absolute Gasteiger partial charge is 0.374 e. The van der Waals surface area contributed by atoms with E-state index < -0.39 is 5.60 Å². The third kappa shape index (κ3) is 3.73. The number of fused-ring (bicyclic) bond motifs is 1. The zero-order valence-electron chi connectivity index (χ0n) is 19.2. The number of hydrogen-bond acceptors (Lipinski definition) is 9. The first-order valence-corrected chi connectivity index (χ1v) is 11.6. The number of aliphatic hydroxyl groups is 1. The van der Waals surface area contributed by atoms with Crippen molar-refractivity contribution < 1.29 is 14.4 Å². The number of pyridine rings is 1. The Balaban J connectivity index is 1.26. The van der Waals surface area contributed by atoms with E-state index in [1.54, 1.807) is 31.4 Å². The van der Waals surface area contributed by atoms with Crippen LogP contribution in [0.3, 0.4) is 0 Å². The Bertz CT molecular complexity index is 1410. The lowest BCUT2D eigenvalue weighted by Gasteiger charge is -2.16. The lowest BCUT2D eigenvalue weighted by molar-refractivity contribution is -0.143. The average molecular weight is 473 g/mol. The first kappa shape index (κ1) is 21.4. The molecule has 35 heavy (non-hydrogen) atoms. The van der Waals surface area contributed by atoms with Gasteiger partial charge in [0.05, 0.1) is 29.0 Å². The number of likely N-dealkylation sites (tertiary alicyclic amines) is 1. The van der Waals surface area contributed by atoms with Crippen molar-refractivity contribution in [3.05, 3.63) is 54.1 Å². The molecular weight excluding hydrogens is 448 g/mol. The highest BCUT2D eigenvalue weighted by Crippen LogP contribution is 2.34. The molecule has 4 aromatic rings. The van der Waals surface area contributed by atoms with E-state index in [9.17, 15) is 9.90 Å². The molecule has 6 heterocycles. The minimum atomic E-state index is -1.67. The minimum Gasteiger partial charge on any atom is -0.374 e. The van der Waals surface area contributed by atoms with Gasteiger partial charge in [0.2, 0.25) is 5.95 Å². The van der Waals surface area contributed by atoms with Crippen LogP contribution >= 0.6 is 0 Å². The summed E-state index contributed by atoms with van der Waals surface area (Å²) in [5.41, 5.74) is 2.38. The third-order valence-corrected chi connectivity index (χ3v) is 6.59. The minimum absolute atomic E-state index is 0.187. The van der Waals surface area contributed by atoms with Gasteiger partial charge in [0.1, 0.15) is 11.4 Å². The summed E-state index contributed by atoms with van der Waals surface area (Å²) < 4.78 is 7.48. The van der Waals surface area contributed by atoms with Gasteiger partial charge >= 0.3 is 0 Å². The third-order valence-electron chi connectivity index (χ3n) is 6.59. The van der Waals surface area contributed by atoms with Crippen molar-refractivity contribution in [2.45, 2.75) is 37.8 Å². The molecule has 0 saturated carbocycles. The maximum atomic E-state index is 12.4. The number of likely N-dealkylation sites (N-methyl/N-ethyl adjacent to an activating group) is 1. The van der Waals surface area contributed by atoms with Crippen LogP contribution in [-0.2, 0) is 23.4 Å². The van der Waals surface area contributed by atoms with Crippen molar-refractivity contribution in [2.24, 2.45) is 0 Å². The number of aromatic nitrogens is 6. The summed E-state index contributed by atoms with van der Waals surface area (Å²) in [5, 5.41) is 22.5. The van der Waals surface area contributed by atoms with Gasteiger partial charge in [-0.2, -0.15) is 5.10 Å². The lowest BCUT2D eigenvalue weighted by atomic mass is 9.97. The Morgan fingerprint density at radius 1 is 1.11 bits per heavy atom. The summed E-state index contributed by atoms with van der Waals surface area (Å²) in [6.45, 7) is 1.39. The van der Waals surface area contributed by atoms with E-state index in [4.69, 9.17) is 4.52 Å². The molecule has 0 aliphatic carbocycles. The molecule has 2 aliphatic heterocycles. The fraction of sp³-hybridized carbons (Fsp3) is 0.333. The van der Waals surface area contributed by atoms with Crippen LogP contribution in [0.15, 0.2) is 47.2 Å². The van der Waals surface area contributed by atoms with Crippen LogP contribution in [0.2, 0.25) is 0 Å². The quantitative estimate of drug-likeness (QED) is 0.449. The Hall–Kier alpha value is -4.12. The van der Waals surface area contributed by atoms with E-state index in [1.165, 1.54) is 10.6 Å². The monoisotopic (exact) mass is 472 g/mol. The maximum absolute atomic E-state index is 12.4. The fourth-order valence-corrected chi connectivity index (χ4v) is 4.60. The van der Waals surface area contributed by atoms with Crippen LogP contribution in [0.5, 0.6) is 0 Å². The van der Waals surface area contributed by atoms with Crippen molar-refractivity contribution in [3.63, 3.8) is 0 Å². The molecule has 1 fully saturated rings. The van der Waals surface area contributed by atoms with Gasteiger partial charge in [-0.3, -0.25) is 9.48 Å². The van der Waals surface area contributed by atoms with Crippen LogP contribution in [0.4, 0.5) is 11.6 Å². The topological polar surface area (TPSA) is 135 Å². The van der Waals surface area contributed by atoms with Crippen LogP contribution < -0.4 is 5.32 Å². The molecule has 0 aromatic carbocycles. The standard InChI is InChI=1S/C24H24N8O3/c1-31-12-9-24(34,22(31)33)21-13-20(35-30-21)17-6-4-5-15(27-17)16-8-10-25-23(28-16)29-18-14-26-32-11-3-2-7-19(18)32/h4-6,8,10,13-14,34H,2-3,7,9,11-12H2,1H3,(H,25,28,29). The summed E-state index contributed by atoms with van der Waals surface area (Å²) in [6, 6.07) is 8.82. The molecule has 1 atom stereocenters. The SMILES string of the molecule is CN1CCC(O)(c2cc(-c3cccc(-c4ccnc(Nc5cnn6c5CCCC6)n4)n3)on2)C1=O. The number of aryl methyl sites for hydroxylation is 1. The summed E-state index contributed by atoms with van der Waals surface area (Å²) in [7, 11) is 1.65. The zero-order chi connectivity index (χ0) is 24.0. The molecule has 0 radical (unpaired) electrons. The highest BCUT2D eigenvalue weighted by atomic mass is 16.5. The predicted molar refractivity (Wildman–Crippen MR) is 125 cm³/mol. The number of carbonyl (C=O) groups is 1. The van der Waals surface area contributed by atoms with Crippen molar-refractivity contribution >= 4 is 17.5 Å². The smallest absolute Gasteiger partial charge is 0.260 e. The van der Waals surface area contributed by atoms with E-state index in [-0.39, 0.29) is 18.0 Å². The molecule has 0 bridgehead atoms. The molecule has 2 aliphatic rings. The number of anilines is 2. The molecule has 178 valence electrons. The normalized spacial score (nSPS) is 19.7. The number of rotatable bonds is 5. The van der Waals surface area contributed by atoms with Crippen molar-refractivity contribution in [1.29, 1.82) is 0 Å². The Kier molecular flexibility index (Phi) is 5.06. The molecule has 11 heteroatoms. The van der Waals surface area contributed by atoms with Gasteiger partial charge in [0.25, 0.3) is 5.91 Å². The molecule has 2 N–H and O–H groups in total. The molecular formula is C24H24N8O3. The number of hydrogen-bond donors (Lipinski definition) is 2.